The minimum atomic E-state index is -1.16. The minimum Gasteiger partial charge on any atom is -0.478 e. The van der Waals surface area contributed by atoms with Gasteiger partial charge in [0.05, 0.1) is 0 Å². The van der Waals surface area contributed by atoms with E-state index in [1.165, 1.54) is 0 Å². The highest BCUT2D eigenvalue weighted by atomic mass is 16.5. The molecule has 0 saturated carbocycles. The maximum absolute atomic E-state index is 12.0. The maximum Gasteiger partial charge on any atom is 0.334 e. The van der Waals surface area contributed by atoms with Crippen LogP contribution in [0.4, 0.5) is 0 Å². The minimum absolute atomic E-state index is 0.00299. The number of unbranched alkanes of at least 4 members (excludes halogenated alkanes) is 3. The molecule has 0 saturated heterocycles. The number of esters is 1. The highest BCUT2D eigenvalue weighted by Gasteiger charge is 2.21. The van der Waals surface area contributed by atoms with Crippen LogP contribution in [0.3, 0.4) is 0 Å². The predicted molar refractivity (Wildman–Crippen MR) is 80.4 cm³/mol. The van der Waals surface area contributed by atoms with Crippen LogP contribution in [0, 0.1) is 0 Å². The summed E-state index contributed by atoms with van der Waals surface area (Å²) in [5, 5.41) is 9.17. The van der Waals surface area contributed by atoms with E-state index in [-0.39, 0.29) is 17.6 Å². The van der Waals surface area contributed by atoms with Crippen molar-refractivity contribution in [1.82, 2.24) is 0 Å². The van der Waals surface area contributed by atoms with Gasteiger partial charge >= 0.3 is 11.9 Å². The quantitative estimate of drug-likeness (QED) is 0.272. The fourth-order valence-corrected chi connectivity index (χ4v) is 1.92. The number of carboxylic acids is 1. The standard InChI is InChI=1S/C16H24O6/c1-4-6-7-8-9-13(12(5-2)15(19)20)16(21)22-10-14(18)11(3)17/h4-10H2,1-3H3,(H,19,20)/b13-12-. The largest absolute Gasteiger partial charge is 0.478 e. The van der Waals surface area contributed by atoms with Gasteiger partial charge in [-0.25, -0.2) is 9.59 Å². The fourth-order valence-electron chi connectivity index (χ4n) is 1.92. The molecule has 0 fully saturated rings. The first kappa shape index (κ1) is 20.0. The van der Waals surface area contributed by atoms with Crippen LogP contribution in [0.2, 0.25) is 0 Å². The van der Waals surface area contributed by atoms with Crippen molar-refractivity contribution in [1.29, 1.82) is 0 Å². The Morgan fingerprint density at radius 2 is 1.59 bits per heavy atom. The van der Waals surface area contributed by atoms with Gasteiger partial charge in [-0.1, -0.05) is 33.1 Å². The number of Topliss-reactive ketones (excluding diaryl/α,β-unsaturated/α-hetero) is 2. The van der Waals surface area contributed by atoms with E-state index < -0.39 is 30.1 Å². The van der Waals surface area contributed by atoms with Crippen LogP contribution in [0.15, 0.2) is 11.1 Å². The molecule has 0 atom stereocenters. The zero-order chi connectivity index (χ0) is 17.1. The first-order chi connectivity index (χ1) is 10.3. The van der Waals surface area contributed by atoms with E-state index in [2.05, 4.69) is 0 Å². The van der Waals surface area contributed by atoms with Crippen LogP contribution >= 0.6 is 0 Å². The van der Waals surface area contributed by atoms with E-state index in [1.54, 1.807) is 6.92 Å². The molecule has 0 heterocycles. The van der Waals surface area contributed by atoms with Crippen LogP contribution in [-0.2, 0) is 23.9 Å². The van der Waals surface area contributed by atoms with E-state index in [1.807, 2.05) is 6.92 Å². The SMILES string of the molecule is CCCCCC/C(C(=O)OCC(=O)C(C)=O)=C(\CC)C(=O)O. The van der Waals surface area contributed by atoms with Crippen molar-refractivity contribution in [3.63, 3.8) is 0 Å². The lowest BCUT2D eigenvalue weighted by atomic mass is 9.99. The molecule has 0 spiro atoms. The fraction of sp³-hybridized carbons (Fsp3) is 0.625. The number of hydrogen-bond acceptors (Lipinski definition) is 5. The van der Waals surface area contributed by atoms with Gasteiger partial charge in [0.1, 0.15) is 0 Å². The van der Waals surface area contributed by atoms with E-state index in [4.69, 9.17) is 4.74 Å². The Morgan fingerprint density at radius 3 is 2.05 bits per heavy atom. The number of ether oxygens (including phenoxy) is 1. The van der Waals surface area contributed by atoms with Crippen molar-refractivity contribution in [2.24, 2.45) is 0 Å². The van der Waals surface area contributed by atoms with Gasteiger partial charge < -0.3 is 9.84 Å². The van der Waals surface area contributed by atoms with Gasteiger partial charge in [0, 0.05) is 18.1 Å². The first-order valence-corrected chi connectivity index (χ1v) is 7.51. The molecular formula is C16H24O6. The van der Waals surface area contributed by atoms with Crippen LogP contribution in [0.1, 0.15) is 59.3 Å². The lowest BCUT2D eigenvalue weighted by Gasteiger charge is -2.11. The maximum atomic E-state index is 12.0. The van der Waals surface area contributed by atoms with Crippen molar-refractivity contribution in [2.45, 2.75) is 59.3 Å². The van der Waals surface area contributed by atoms with E-state index >= 15 is 0 Å². The summed E-state index contributed by atoms with van der Waals surface area (Å²) in [6.07, 6.45) is 4.07. The monoisotopic (exact) mass is 312 g/mol. The molecule has 6 heteroatoms. The number of carbonyl (C=O) groups excluding carboxylic acids is 3. The van der Waals surface area contributed by atoms with Crippen molar-refractivity contribution in [3.8, 4) is 0 Å². The zero-order valence-corrected chi connectivity index (χ0v) is 13.4. The number of rotatable bonds is 11. The van der Waals surface area contributed by atoms with Crippen LogP contribution in [0.25, 0.3) is 0 Å². The summed E-state index contributed by atoms with van der Waals surface area (Å²) >= 11 is 0. The third-order valence-corrected chi connectivity index (χ3v) is 3.23. The number of ketones is 2. The van der Waals surface area contributed by atoms with E-state index in [0.29, 0.717) is 12.8 Å². The van der Waals surface area contributed by atoms with Crippen molar-refractivity contribution >= 4 is 23.5 Å². The van der Waals surface area contributed by atoms with Gasteiger partial charge in [-0.2, -0.15) is 0 Å². The molecule has 0 bridgehead atoms. The molecule has 22 heavy (non-hydrogen) atoms. The predicted octanol–water partition coefficient (Wildman–Crippen LogP) is 2.45. The Hall–Kier alpha value is -1.98. The summed E-state index contributed by atoms with van der Waals surface area (Å²) in [5.74, 6) is -3.50. The average molecular weight is 312 g/mol. The Kier molecular flexibility index (Phi) is 9.74. The molecule has 6 nitrogen and oxygen atoms in total. The van der Waals surface area contributed by atoms with Crippen molar-refractivity contribution in [2.75, 3.05) is 6.61 Å². The summed E-state index contributed by atoms with van der Waals surface area (Å²) in [5.41, 5.74) is 0.0826. The average Bonchev–Trinajstić information content (AvgIpc) is 2.46. The van der Waals surface area contributed by atoms with E-state index in [9.17, 15) is 24.3 Å². The molecular weight excluding hydrogens is 288 g/mol. The highest BCUT2D eigenvalue weighted by molar-refractivity contribution is 6.37. The van der Waals surface area contributed by atoms with Crippen LogP contribution in [-0.4, -0.2) is 35.2 Å². The molecule has 0 aliphatic heterocycles. The van der Waals surface area contributed by atoms with Crippen molar-refractivity contribution in [3.05, 3.63) is 11.1 Å². The Labute approximate surface area is 130 Å². The molecule has 0 rings (SSSR count). The summed E-state index contributed by atoms with van der Waals surface area (Å²) in [6, 6.07) is 0. The molecule has 0 aromatic carbocycles. The number of aliphatic carboxylic acids is 1. The number of carboxylic acid groups (broad SMARTS) is 1. The summed E-state index contributed by atoms with van der Waals surface area (Å²) in [6.45, 7) is 4.13. The molecule has 0 aliphatic carbocycles. The highest BCUT2D eigenvalue weighted by Crippen LogP contribution is 2.19. The molecule has 0 unspecified atom stereocenters. The van der Waals surface area contributed by atoms with Gasteiger partial charge in [-0.3, -0.25) is 9.59 Å². The Bertz CT molecular complexity index is 461. The van der Waals surface area contributed by atoms with Gasteiger partial charge in [-0.05, 0) is 19.3 Å². The van der Waals surface area contributed by atoms with E-state index in [0.717, 1.165) is 26.2 Å². The third kappa shape index (κ3) is 7.15. The Balaban J connectivity index is 4.98. The van der Waals surface area contributed by atoms with Crippen LogP contribution < -0.4 is 0 Å². The molecule has 124 valence electrons. The smallest absolute Gasteiger partial charge is 0.334 e. The summed E-state index contributed by atoms with van der Waals surface area (Å²) < 4.78 is 4.79. The van der Waals surface area contributed by atoms with Gasteiger partial charge in [-0.15, -0.1) is 0 Å². The molecule has 0 radical (unpaired) electrons. The summed E-state index contributed by atoms with van der Waals surface area (Å²) in [4.78, 5) is 45.3. The topological polar surface area (TPSA) is 97.7 Å². The van der Waals surface area contributed by atoms with Gasteiger partial charge in [0.2, 0.25) is 5.78 Å². The molecule has 0 aliphatic rings. The van der Waals surface area contributed by atoms with Gasteiger partial charge in [0.25, 0.3) is 0 Å². The molecule has 1 N–H and O–H groups in total. The van der Waals surface area contributed by atoms with Gasteiger partial charge in [0.15, 0.2) is 12.4 Å². The Morgan fingerprint density at radius 1 is 0.955 bits per heavy atom. The first-order valence-electron chi connectivity index (χ1n) is 7.51. The lowest BCUT2D eigenvalue weighted by molar-refractivity contribution is -0.147. The lowest BCUT2D eigenvalue weighted by Crippen LogP contribution is -2.22. The second-order valence-electron chi connectivity index (χ2n) is 4.98. The molecule has 0 aromatic rings. The van der Waals surface area contributed by atoms with Crippen LogP contribution in [0.5, 0.6) is 0 Å². The second kappa shape index (κ2) is 10.7. The summed E-state index contributed by atoms with van der Waals surface area (Å²) in [7, 11) is 0. The third-order valence-electron chi connectivity index (χ3n) is 3.23. The molecule has 0 amide bonds. The normalized spacial score (nSPS) is 11.6. The molecule has 0 aromatic heterocycles. The number of hydrogen-bond donors (Lipinski definition) is 1. The second-order valence-corrected chi connectivity index (χ2v) is 4.98. The zero-order valence-electron chi connectivity index (χ0n) is 13.4. The van der Waals surface area contributed by atoms with Crippen molar-refractivity contribution < 1.29 is 29.0 Å². The number of carbonyl (C=O) groups is 4.